The van der Waals surface area contributed by atoms with Gasteiger partial charge in [0.1, 0.15) is 5.82 Å². The number of carbonyl (C=O) groups is 1. The number of nitrogens with one attached hydrogen (secondary N) is 1. The third-order valence-corrected chi connectivity index (χ3v) is 4.51. The lowest BCUT2D eigenvalue weighted by molar-refractivity contribution is 0.0930. The van der Waals surface area contributed by atoms with Gasteiger partial charge in [0, 0.05) is 25.9 Å². The fraction of sp³-hybridized carbons (Fsp3) is 0.368. The summed E-state index contributed by atoms with van der Waals surface area (Å²) in [6.45, 7) is 2.24. The first-order valence-corrected chi connectivity index (χ1v) is 8.05. The molecule has 0 radical (unpaired) electrons. The van der Waals surface area contributed by atoms with Crippen molar-refractivity contribution < 1.29 is 4.79 Å². The molecule has 1 fully saturated rings. The van der Waals surface area contributed by atoms with E-state index in [4.69, 9.17) is 0 Å². The Hall–Kier alpha value is -2.36. The summed E-state index contributed by atoms with van der Waals surface area (Å²) < 4.78 is 0. The number of hydrogen-bond donors (Lipinski definition) is 1. The van der Waals surface area contributed by atoms with Crippen LogP contribution in [-0.4, -0.2) is 25.0 Å². The van der Waals surface area contributed by atoms with E-state index in [0.29, 0.717) is 17.4 Å². The Morgan fingerprint density at radius 3 is 2.57 bits per heavy atom. The van der Waals surface area contributed by atoms with Crippen molar-refractivity contribution >= 4 is 11.7 Å². The summed E-state index contributed by atoms with van der Waals surface area (Å²) in [7, 11) is 3.84. The first-order chi connectivity index (χ1) is 11.1. The van der Waals surface area contributed by atoms with Gasteiger partial charge in [0.15, 0.2) is 0 Å². The van der Waals surface area contributed by atoms with Crippen molar-refractivity contribution in [3.05, 3.63) is 59.8 Å². The number of anilines is 1. The smallest absolute Gasteiger partial charge is 0.251 e. The summed E-state index contributed by atoms with van der Waals surface area (Å²) in [4.78, 5) is 18.8. The van der Waals surface area contributed by atoms with Gasteiger partial charge < -0.3 is 10.2 Å². The monoisotopic (exact) mass is 309 g/mol. The summed E-state index contributed by atoms with van der Waals surface area (Å²) in [5.74, 6) is 1.93. The topological polar surface area (TPSA) is 45.2 Å². The largest absolute Gasteiger partial charge is 0.363 e. The molecule has 1 aliphatic carbocycles. The van der Waals surface area contributed by atoms with Crippen LogP contribution in [0.25, 0.3) is 0 Å². The predicted molar refractivity (Wildman–Crippen MR) is 92.5 cm³/mol. The molecule has 2 aromatic rings. The molecule has 23 heavy (non-hydrogen) atoms. The minimum absolute atomic E-state index is 0.0385. The lowest BCUT2D eigenvalue weighted by Gasteiger charge is -2.20. The maximum Gasteiger partial charge on any atom is 0.251 e. The number of benzene rings is 1. The summed E-state index contributed by atoms with van der Waals surface area (Å²) in [5, 5.41) is 3.22. The fourth-order valence-corrected chi connectivity index (χ4v) is 2.94. The van der Waals surface area contributed by atoms with Gasteiger partial charge in [0.2, 0.25) is 0 Å². The standard InChI is InChI=1S/C19H23N3O/c1-13-11-16(13)18(14-7-5-4-6-8-14)21-19(23)15-9-10-20-17(12-15)22(2)3/h4-10,12-13,16,18H,11H2,1-3H3,(H,21,23). The molecule has 3 unspecified atom stereocenters. The average Bonchev–Trinajstić information content (AvgIpc) is 3.29. The number of nitrogens with zero attached hydrogens (tertiary/aromatic N) is 2. The van der Waals surface area contributed by atoms with E-state index in [9.17, 15) is 4.79 Å². The molecule has 1 aromatic heterocycles. The highest BCUT2D eigenvalue weighted by atomic mass is 16.1. The van der Waals surface area contributed by atoms with Gasteiger partial charge in [-0.1, -0.05) is 37.3 Å². The zero-order valence-corrected chi connectivity index (χ0v) is 13.9. The molecule has 1 N–H and O–H groups in total. The zero-order valence-electron chi connectivity index (χ0n) is 13.9. The van der Waals surface area contributed by atoms with Crippen LogP contribution < -0.4 is 10.2 Å². The molecule has 0 bridgehead atoms. The molecular weight excluding hydrogens is 286 g/mol. The zero-order chi connectivity index (χ0) is 16.4. The summed E-state index contributed by atoms with van der Waals surface area (Å²) in [5.41, 5.74) is 1.83. The molecule has 0 aliphatic heterocycles. The van der Waals surface area contributed by atoms with Gasteiger partial charge in [-0.05, 0) is 36.0 Å². The van der Waals surface area contributed by atoms with Crippen molar-refractivity contribution in [3.63, 3.8) is 0 Å². The highest BCUT2D eigenvalue weighted by molar-refractivity contribution is 5.95. The van der Waals surface area contributed by atoms with Crippen LogP contribution in [0, 0.1) is 11.8 Å². The Kier molecular flexibility index (Phi) is 4.33. The van der Waals surface area contributed by atoms with E-state index >= 15 is 0 Å². The second-order valence-electron chi connectivity index (χ2n) is 6.54. The summed E-state index contributed by atoms with van der Waals surface area (Å²) in [6, 6.07) is 13.9. The Bertz CT molecular complexity index is 684. The van der Waals surface area contributed by atoms with Gasteiger partial charge in [-0.2, -0.15) is 0 Å². The fourth-order valence-electron chi connectivity index (χ4n) is 2.94. The first kappa shape index (κ1) is 15.5. The number of amides is 1. The molecule has 3 rings (SSSR count). The van der Waals surface area contributed by atoms with Crippen molar-refractivity contribution in [2.24, 2.45) is 11.8 Å². The maximum absolute atomic E-state index is 12.7. The van der Waals surface area contributed by atoms with Gasteiger partial charge in [-0.3, -0.25) is 4.79 Å². The Morgan fingerprint density at radius 2 is 1.96 bits per heavy atom. The molecule has 1 aliphatic rings. The molecule has 4 heteroatoms. The van der Waals surface area contributed by atoms with E-state index in [1.54, 1.807) is 12.3 Å². The molecule has 1 aromatic carbocycles. The van der Waals surface area contributed by atoms with Crippen LogP contribution in [0.5, 0.6) is 0 Å². The molecule has 1 saturated carbocycles. The quantitative estimate of drug-likeness (QED) is 0.922. The lowest BCUT2D eigenvalue weighted by Crippen LogP contribution is -2.30. The van der Waals surface area contributed by atoms with Crippen LogP contribution in [0.3, 0.4) is 0 Å². The summed E-state index contributed by atoms with van der Waals surface area (Å²) >= 11 is 0. The van der Waals surface area contributed by atoms with E-state index in [1.807, 2.05) is 43.3 Å². The van der Waals surface area contributed by atoms with Crippen LogP contribution in [0.15, 0.2) is 48.7 Å². The Labute approximate surface area is 137 Å². The van der Waals surface area contributed by atoms with Crippen LogP contribution in [0.4, 0.5) is 5.82 Å². The van der Waals surface area contributed by atoms with Crippen LogP contribution >= 0.6 is 0 Å². The van der Waals surface area contributed by atoms with Crippen molar-refractivity contribution in [1.82, 2.24) is 10.3 Å². The van der Waals surface area contributed by atoms with E-state index in [1.165, 1.54) is 12.0 Å². The van der Waals surface area contributed by atoms with Crippen molar-refractivity contribution in [3.8, 4) is 0 Å². The number of carbonyl (C=O) groups excluding carboxylic acids is 1. The van der Waals surface area contributed by atoms with E-state index in [-0.39, 0.29) is 11.9 Å². The highest BCUT2D eigenvalue weighted by Gasteiger charge is 2.40. The normalized spacial score (nSPS) is 20.7. The van der Waals surface area contributed by atoms with E-state index in [2.05, 4.69) is 29.4 Å². The molecule has 4 nitrogen and oxygen atoms in total. The molecule has 1 heterocycles. The van der Waals surface area contributed by atoms with E-state index in [0.717, 1.165) is 5.82 Å². The third-order valence-electron chi connectivity index (χ3n) is 4.51. The van der Waals surface area contributed by atoms with Crippen LogP contribution in [-0.2, 0) is 0 Å². The third kappa shape index (κ3) is 3.52. The van der Waals surface area contributed by atoms with Crippen LogP contribution in [0.2, 0.25) is 0 Å². The van der Waals surface area contributed by atoms with E-state index < -0.39 is 0 Å². The second-order valence-corrected chi connectivity index (χ2v) is 6.54. The molecule has 3 atom stereocenters. The first-order valence-electron chi connectivity index (χ1n) is 8.05. The molecular formula is C19H23N3O. The molecule has 1 amide bonds. The Balaban J connectivity index is 1.80. The molecule has 120 valence electrons. The maximum atomic E-state index is 12.7. The highest BCUT2D eigenvalue weighted by Crippen LogP contribution is 2.47. The number of rotatable bonds is 5. The van der Waals surface area contributed by atoms with Crippen molar-refractivity contribution in [2.75, 3.05) is 19.0 Å². The summed E-state index contributed by atoms with van der Waals surface area (Å²) in [6.07, 6.45) is 2.85. The minimum Gasteiger partial charge on any atom is -0.363 e. The van der Waals surface area contributed by atoms with Gasteiger partial charge in [-0.25, -0.2) is 4.98 Å². The lowest BCUT2D eigenvalue weighted by atomic mass is 10.0. The van der Waals surface area contributed by atoms with Crippen LogP contribution in [0.1, 0.15) is 35.3 Å². The average molecular weight is 309 g/mol. The molecule has 0 saturated heterocycles. The van der Waals surface area contributed by atoms with Crippen molar-refractivity contribution in [1.29, 1.82) is 0 Å². The van der Waals surface area contributed by atoms with Gasteiger partial charge >= 0.3 is 0 Å². The van der Waals surface area contributed by atoms with Crippen molar-refractivity contribution in [2.45, 2.75) is 19.4 Å². The minimum atomic E-state index is -0.0385. The van der Waals surface area contributed by atoms with Gasteiger partial charge in [-0.15, -0.1) is 0 Å². The second kappa shape index (κ2) is 6.41. The number of hydrogen-bond acceptors (Lipinski definition) is 3. The predicted octanol–water partition coefficient (Wildman–Crippen LogP) is 3.27. The van der Waals surface area contributed by atoms with Gasteiger partial charge in [0.25, 0.3) is 5.91 Å². The Morgan fingerprint density at radius 1 is 1.26 bits per heavy atom. The SMILES string of the molecule is CC1CC1C(NC(=O)c1ccnc(N(C)C)c1)c1ccccc1. The number of aromatic nitrogens is 1. The van der Waals surface area contributed by atoms with Gasteiger partial charge in [0.05, 0.1) is 6.04 Å². The molecule has 0 spiro atoms. The number of pyridine rings is 1.